The summed E-state index contributed by atoms with van der Waals surface area (Å²) in [5, 5.41) is 0. The summed E-state index contributed by atoms with van der Waals surface area (Å²) in [6.07, 6.45) is -5.16. The topological polar surface area (TPSA) is 138 Å². The van der Waals surface area contributed by atoms with Gasteiger partial charge in [-0.05, 0) is 23.8 Å². The molecule has 14 heteroatoms. The number of nitrogens with zero attached hydrogens (tertiary/aromatic N) is 2. The third-order valence-corrected chi connectivity index (χ3v) is 7.08. The van der Waals surface area contributed by atoms with Crippen LogP contribution in [-0.4, -0.2) is 90.4 Å². The fraction of sp³-hybridized carbons (Fsp3) is 0.462. The summed E-state index contributed by atoms with van der Waals surface area (Å²) in [5.74, 6) is -3.52. The second-order valence-electron chi connectivity index (χ2n) is 9.13. The van der Waals surface area contributed by atoms with Gasteiger partial charge in [-0.3, -0.25) is 28.9 Å². The quantitative estimate of drug-likeness (QED) is 0.188. The van der Waals surface area contributed by atoms with Crippen LogP contribution in [0.25, 0.3) is 6.08 Å². The van der Waals surface area contributed by atoms with E-state index in [1.165, 1.54) is 6.92 Å². The molecule has 1 aromatic rings. The molecule has 0 spiro atoms. The Bertz CT molecular complexity index is 1220. The molecule has 5 atom stereocenters. The lowest BCUT2D eigenvalue weighted by molar-refractivity contribution is -0.268. The van der Waals surface area contributed by atoms with E-state index in [4.69, 9.17) is 35.9 Å². The zero-order chi connectivity index (χ0) is 29.7. The smallest absolute Gasteiger partial charge is 0.303 e. The second-order valence-corrected chi connectivity index (χ2v) is 10.8. The van der Waals surface area contributed by atoms with Crippen LogP contribution in [0.1, 0.15) is 33.3 Å². The van der Waals surface area contributed by atoms with Gasteiger partial charge in [-0.1, -0.05) is 36.1 Å². The minimum absolute atomic E-state index is 0.0852. The van der Waals surface area contributed by atoms with Crippen LogP contribution >= 0.6 is 24.0 Å². The molecule has 1 aromatic carbocycles. The largest absolute Gasteiger partial charge is 0.463 e. The van der Waals surface area contributed by atoms with E-state index in [2.05, 4.69) is 0 Å². The highest BCUT2D eigenvalue weighted by atomic mass is 32.2. The lowest BCUT2D eigenvalue weighted by Gasteiger charge is -2.46. The standard InChI is InChI=1S/C26H30N2O10S2/c1-13(29)34-12-19-21(35-14(2)30)22(36-15(3)31)23(37-16(4)32)25(38-19)28-24(33)20(40-26(28)39)11-17-7-9-18(10-8-17)27(5)6/h7-11,19,21-23,25H,12H2,1-6H3/b20-11-. The number of carbonyl (C=O) groups is 5. The SMILES string of the molecule is CC(=O)OCC1OC(N2C(=O)/C(=C/c3ccc(N(C)C)cc3)SC2=S)C(OC(C)=O)C(OC(C)=O)C1OC(C)=O. The zero-order valence-corrected chi connectivity index (χ0v) is 24.4. The first-order chi connectivity index (χ1) is 18.8. The number of thiocarbonyl (C=S) groups is 1. The fourth-order valence-electron chi connectivity index (χ4n) is 4.13. The van der Waals surface area contributed by atoms with Crippen molar-refractivity contribution in [3.05, 3.63) is 34.7 Å². The Hall–Kier alpha value is -3.49. The molecule has 2 aliphatic rings. The van der Waals surface area contributed by atoms with Gasteiger partial charge in [-0.15, -0.1) is 0 Å². The van der Waals surface area contributed by atoms with Gasteiger partial charge in [0.15, 0.2) is 28.9 Å². The molecule has 3 rings (SSSR count). The molecule has 12 nitrogen and oxygen atoms in total. The highest BCUT2D eigenvalue weighted by Gasteiger charge is 2.56. The normalized spacial score (nSPS) is 25.4. The van der Waals surface area contributed by atoms with Gasteiger partial charge in [-0.2, -0.15) is 0 Å². The first-order valence-electron chi connectivity index (χ1n) is 12.1. The Morgan fingerprint density at radius 3 is 2.00 bits per heavy atom. The zero-order valence-electron chi connectivity index (χ0n) is 22.8. The van der Waals surface area contributed by atoms with Crippen molar-refractivity contribution in [2.24, 2.45) is 0 Å². The van der Waals surface area contributed by atoms with E-state index >= 15 is 0 Å². The molecule has 0 radical (unpaired) electrons. The molecule has 0 saturated carbocycles. The van der Waals surface area contributed by atoms with Crippen LogP contribution in [0, 0.1) is 0 Å². The number of benzene rings is 1. The number of amides is 1. The van der Waals surface area contributed by atoms with Gasteiger partial charge in [0, 0.05) is 47.5 Å². The molecule has 1 amide bonds. The van der Waals surface area contributed by atoms with Crippen molar-refractivity contribution in [1.29, 1.82) is 0 Å². The molecule has 2 saturated heterocycles. The van der Waals surface area contributed by atoms with Crippen molar-refractivity contribution in [1.82, 2.24) is 4.90 Å². The van der Waals surface area contributed by atoms with Crippen molar-refractivity contribution < 1.29 is 47.7 Å². The number of carbonyl (C=O) groups excluding carboxylic acids is 5. The lowest BCUT2D eigenvalue weighted by Crippen LogP contribution is -2.66. The molecule has 40 heavy (non-hydrogen) atoms. The van der Waals surface area contributed by atoms with Gasteiger partial charge in [0.05, 0.1) is 4.91 Å². The van der Waals surface area contributed by atoms with Gasteiger partial charge in [0.2, 0.25) is 0 Å². The summed E-state index contributed by atoms with van der Waals surface area (Å²) < 4.78 is 27.6. The van der Waals surface area contributed by atoms with Crippen LogP contribution < -0.4 is 4.90 Å². The Labute approximate surface area is 240 Å². The summed E-state index contributed by atoms with van der Waals surface area (Å²) >= 11 is 6.51. The summed E-state index contributed by atoms with van der Waals surface area (Å²) in [7, 11) is 3.82. The average Bonchev–Trinajstić information content (AvgIpc) is 3.12. The predicted octanol–water partition coefficient (Wildman–Crippen LogP) is 2.04. The predicted molar refractivity (Wildman–Crippen MR) is 148 cm³/mol. The maximum atomic E-state index is 13.6. The van der Waals surface area contributed by atoms with E-state index in [0.717, 1.165) is 48.7 Å². The maximum absolute atomic E-state index is 13.6. The van der Waals surface area contributed by atoms with Crippen LogP contribution in [0.4, 0.5) is 5.69 Å². The number of thioether (sulfide) groups is 1. The van der Waals surface area contributed by atoms with E-state index in [-0.39, 0.29) is 9.23 Å². The highest BCUT2D eigenvalue weighted by Crippen LogP contribution is 2.39. The van der Waals surface area contributed by atoms with Crippen molar-refractivity contribution >= 4 is 69.8 Å². The minimum atomic E-state index is -1.44. The molecule has 2 fully saturated rings. The van der Waals surface area contributed by atoms with Crippen LogP contribution in [-0.2, 0) is 47.7 Å². The molecule has 216 valence electrons. The molecular weight excluding hydrogens is 564 g/mol. The van der Waals surface area contributed by atoms with Gasteiger partial charge >= 0.3 is 23.9 Å². The van der Waals surface area contributed by atoms with Crippen LogP contribution in [0.15, 0.2) is 29.2 Å². The third-order valence-electron chi connectivity index (χ3n) is 5.75. The van der Waals surface area contributed by atoms with Crippen LogP contribution in [0.3, 0.4) is 0 Å². The molecular formula is C26H30N2O10S2. The van der Waals surface area contributed by atoms with E-state index in [0.29, 0.717) is 0 Å². The first kappa shape index (κ1) is 31.0. The Kier molecular flexibility index (Phi) is 10.3. The summed E-state index contributed by atoms with van der Waals surface area (Å²) in [4.78, 5) is 64.6. The summed E-state index contributed by atoms with van der Waals surface area (Å²) in [6, 6.07) is 7.48. The minimum Gasteiger partial charge on any atom is -0.463 e. The molecule has 0 aromatic heterocycles. The van der Waals surface area contributed by atoms with Crippen molar-refractivity contribution in [3.63, 3.8) is 0 Å². The first-order valence-corrected chi connectivity index (χ1v) is 13.4. The summed E-state index contributed by atoms with van der Waals surface area (Å²) in [5.41, 5.74) is 1.72. The molecule has 5 unspecified atom stereocenters. The monoisotopic (exact) mass is 594 g/mol. The molecule has 0 bridgehead atoms. The van der Waals surface area contributed by atoms with Gasteiger partial charge in [0.1, 0.15) is 12.7 Å². The van der Waals surface area contributed by atoms with E-state index in [1.807, 2.05) is 43.3 Å². The van der Waals surface area contributed by atoms with Crippen molar-refractivity contribution in [2.75, 3.05) is 25.6 Å². The Morgan fingerprint density at radius 1 is 0.925 bits per heavy atom. The summed E-state index contributed by atoms with van der Waals surface area (Å²) in [6.45, 7) is 4.11. The van der Waals surface area contributed by atoms with Gasteiger partial charge in [-0.25, -0.2) is 0 Å². The number of ether oxygens (including phenoxy) is 5. The Balaban J connectivity index is 2.03. The molecule has 2 heterocycles. The van der Waals surface area contributed by atoms with Crippen LogP contribution in [0.2, 0.25) is 0 Å². The number of anilines is 1. The van der Waals surface area contributed by atoms with Gasteiger partial charge < -0.3 is 28.6 Å². The molecule has 0 N–H and O–H groups in total. The van der Waals surface area contributed by atoms with Crippen molar-refractivity contribution in [2.45, 2.75) is 58.3 Å². The van der Waals surface area contributed by atoms with Crippen molar-refractivity contribution in [3.8, 4) is 0 Å². The fourth-order valence-corrected chi connectivity index (χ4v) is 5.44. The maximum Gasteiger partial charge on any atom is 0.303 e. The number of hydrogen-bond donors (Lipinski definition) is 0. The number of rotatable bonds is 8. The number of esters is 4. The highest BCUT2D eigenvalue weighted by molar-refractivity contribution is 8.26. The van der Waals surface area contributed by atoms with E-state index < -0.39 is 67.0 Å². The average molecular weight is 595 g/mol. The van der Waals surface area contributed by atoms with Gasteiger partial charge in [0.25, 0.3) is 5.91 Å². The number of hydrogen-bond acceptors (Lipinski definition) is 13. The van der Waals surface area contributed by atoms with Crippen LogP contribution in [0.5, 0.6) is 0 Å². The molecule has 2 aliphatic heterocycles. The Morgan fingerprint density at radius 2 is 1.48 bits per heavy atom. The lowest BCUT2D eigenvalue weighted by atomic mass is 9.96. The van der Waals surface area contributed by atoms with E-state index in [9.17, 15) is 24.0 Å². The second kappa shape index (κ2) is 13.2. The molecule has 0 aliphatic carbocycles. The third kappa shape index (κ3) is 7.58. The van der Waals surface area contributed by atoms with E-state index in [1.54, 1.807) is 6.08 Å².